The third-order valence-electron chi connectivity index (χ3n) is 3.69. The minimum absolute atomic E-state index is 0.0969. The van der Waals surface area contributed by atoms with E-state index in [2.05, 4.69) is 44.9 Å². The van der Waals surface area contributed by atoms with Gasteiger partial charge >= 0.3 is 0 Å². The van der Waals surface area contributed by atoms with E-state index in [1.54, 1.807) is 0 Å². The molecule has 108 valence electrons. The number of aliphatic imine (C=N–C) groups is 1. The summed E-state index contributed by atoms with van der Waals surface area (Å²) in [4.78, 5) is 6.51. The molecular formula is C16H15BrClN3. The number of hydrogen-bond donors (Lipinski definition) is 1. The molecule has 0 aliphatic carbocycles. The average Bonchev–Trinajstić information content (AvgIpc) is 2.84. The van der Waals surface area contributed by atoms with Crippen LogP contribution in [-0.4, -0.2) is 12.5 Å². The van der Waals surface area contributed by atoms with Crippen molar-refractivity contribution in [2.45, 2.75) is 13.0 Å². The maximum absolute atomic E-state index is 6.11. The first-order valence-corrected chi connectivity index (χ1v) is 7.85. The van der Waals surface area contributed by atoms with E-state index in [1.165, 1.54) is 5.56 Å². The molecule has 0 fully saturated rings. The number of rotatable bonds is 2. The van der Waals surface area contributed by atoms with Gasteiger partial charge in [0, 0.05) is 10.2 Å². The van der Waals surface area contributed by atoms with Crippen molar-refractivity contribution in [3.05, 3.63) is 63.1 Å². The van der Waals surface area contributed by atoms with Crippen LogP contribution in [0.15, 0.2) is 51.9 Å². The minimum Gasteiger partial charge on any atom is -0.369 e. The van der Waals surface area contributed by atoms with Gasteiger partial charge in [-0.05, 0) is 52.2 Å². The van der Waals surface area contributed by atoms with E-state index in [4.69, 9.17) is 17.3 Å². The van der Waals surface area contributed by atoms with Gasteiger partial charge in [0.15, 0.2) is 5.96 Å². The smallest absolute Gasteiger partial charge is 0.196 e. The molecule has 2 aromatic rings. The van der Waals surface area contributed by atoms with Crippen LogP contribution < -0.4 is 10.6 Å². The van der Waals surface area contributed by atoms with Gasteiger partial charge in [-0.15, -0.1) is 0 Å². The normalized spacial score (nSPS) is 18.0. The third kappa shape index (κ3) is 2.65. The molecule has 3 nitrogen and oxygen atoms in total. The van der Waals surface area contributed by atoms with Crippen molar-refractivity contribution in [2.75, 3.05) is 11.4 Å². The molecule has 0 saturated heterocycles. The summed E-state index contributed by atoms with van der Waals surface area (Å²) in [6.07, 6.45) is 0. The average molecular weight is 365 g/mol. The number of para-hydroxylation sites is 1. The van der Waals surface area contributed by atoms with Gasteiger partial charge in [-0.1, -0.05) is 35.9 Å². The highest BCUT2D eigenvalue weighted by molar-refractivity contribution is 9.10. The van der Waals surface area contributed by atoms with Crippen LogP contribution in [0.5, 0.6) is 0 Å². The summed E-state index contributed by atoms with van der Waals surface area (Å²) >= 11 is 9.56. The lowest BCUT2D eigenvalue weighted by molar-refractivity contribution is 0.766. The standard InChI is InChI=1S/C16H15BrClN3/c1-10-4-2-3-5-14(10)21-15(9-20-16(21)19)11-6-7-13(18)12(17)8-11/h2-8,15H,9H2,1H3,(H2,19,20). The second-order valence-electron chi connectivity index (χ2n) is 5.04. The van der Waals surface area contributed by atoms with E-state index in [1.807, 2.05) is 30.3 Å². The lowest BCUT2D eigenvalue weighted by Crippen LogP contribution is -2.36. The van der Waals surface area contributed by atoms with Crippen LogP contribution in [0.2, 0.25) is 5.02 Å². The fraction of sp³-hybridized carbons (Fsp3) is 0.188. The van der Waals surface area contributed by atoms with Gasteiger partial charge in [0.05, 0.1) is 17.6 Å². The first-order chi connectivity index (χ1) is 10.1. The first kappa shape index (κ1) is 14.4. The highest BCUT2D eigenvalue weighted by Crippen LogP contribution is 2.35. The zero-order valence-electron chi connectivity index (χ0n) is 11.6. The van der Waals surface area contributed by atoms with Crippen molar-refractivity contribution in [3.63, 3.8) is 0 Å². The number of guanidine groups is 1. The van der Waals surface area contributed by atoms with E-state index >= 15 is 0 Å². The van der Waals surface area contributed by atoms with Crippen LogP contribution in [0.1, 0.15) is 17.2 Å². The molecule has 21 heavy (non-hydrogen) atoms. The van der Waals surface area contributed by atoms with Crippen molar-refractivity contribution >= 4 is 39.2 Å². The number of halogens is 2. The molecule has 3 rings (SSSR count). The number of aryl methyl sites for hydroxylation is 1. The second-order valence-corrected chi connectivity index (χ2v) is 6.31. The molecule has 2 N–H and O–H groups in total. The van der Waals surface area contributed by atoms with E-state index in [0.29, 0.717) is 17.5 Å². The minimum atomic E-state index is 0.0969. The Kier molecular flexibility index (Phi) is 3.91. The zero-order valence-corrected chi connectivity index (χ0v) is 13.9. The second kappa shape index (κ2) is 5.70. The molecule has 1 atom stereocenters. The molecule has 5 heteroatoms. The Hall–Kier alpha value is -1.52. The summed E-state index contributed by atoms with van der Waals surface area (Å²) in [5.41, 5.74) is 9.52. The van der Waals surface area contributed by atoms with Crippen LogP contribution in [0.3, 0.4) is 0 Å². The highest BCUT2D eigenvalue weighted by Gasteiger charge is 2.29. The monoisotopic (exact) mass is 363 g/mol. The van der Waals surface area contributed by atoms with E-state index < -0.39 is 0 Å². The summed E-state index contributed by atoms with van der Waals surface area (Å²) in [7, 11) is 0. The van der Waals surface area contributed by atoms with Gasteiger partial charge in [-0.3, -0.25) is 4.99 Å². The Morgan fingerprint density at radius 2 is 2.05 bits per heavy atom. The zero-order chi connectivity index (χ0) is 15.0. The molecule has 0 spiro atoms. The molecular weight excluding hydrogens is 350 g/mol. The molecule has 1 heterocycles. The van der Waals surface area contributed by atoms with Crippen molar-refractivity contribution in [3.8, 4) is 0 Å². The van der Waals surface area contributed by atoms with Crippen LogP contribution in [0, 0.1) is 6.92 Å². The quantitative estimate of drug-likeness (QED) is 0.864. The van der Waals surface area contributed by atoms with Crippen molar-refractivity contribution in [1.29, 1.82) is 0 Å². The van der Waals surface area contributed by atoms with Crippen LogP contribution in [0.25, 0.3) is 0 Å². The van der Waals surface area contributed by atoms with E-state index in [0.717, 1.165) is 15.7 Å². The Balaban J connectivity index is 2.03. The van der Waals surface area contributed by atoms with E-state index in [-0.39, 0.29) is 6.04 Å². The highest BCUT2D eigenvalue weighted by atomic mass is 79.9. The molecule has 1 aliphatic heterocycles. The van der Waals surface area contributed by atoms with Gasteiger partial charge in [-0.2, -0.15) is 0 Å². The first-order valence-electron chi connectivity index (χ1n) is 6.67. The predicted octanol–water partition coefficient (Wildman–Crippen LogP) is 4.29. The van der Waals surface area contributed by atoms with Crippen LogP contribution >= 0.6 is 27.5 Å². The largest absolute Gasteiger partial charge is 0.369 e. The Labute approximate surface area is 137 Å². The number of hydrogen-bond acceptors (Lipinski definition) is 3. The molecule has 0 bridgehead atoms. The van der Waals surface area contributed by atoms with Gasteiger partial charge in [0.1, 0.15) is 0 Å². The lowest BCUT2D eigenvalue weighted by atomic mass is 10.0. The van der Waals surface area contributed by atoms with E-state index in [9.17, 15) is 0 Å². The van der Waals surface area contributed by atoms with Crippen molar-refractivity contribution < 1.29 is 0 Å². The SMILES string of the molecule is Cc1ccccc1N1C(N)=NCC1c1ccc(Cl)c(Br)c1. The third-order valence-corrected chi connectivity index (χ3v) is 4.90. The summed E-state index contributed by atoms with van der Waals surface area (Å²) in [5.74, 6) is 0.556. The Bertz CT molecular complexity index is 714. The maximum atomic E-state index is 6.11. The number of anilines is 1. The fourth-order valence-corrected chi connectivity index (χ4v) is 3.11. The summed E-state index contributed by atoms with van der Waals surface area (Å²) < 4.78 is 0.886. The number of benzene rings is 2. The predicted molar refractivity (Wildman–Crippen MR) is 92.0 cm³/mol. The summed E-state index contributed by atoms with van der Waals surface area (Å²) in [6, 6.07) is 14.2. The Morgan fingerprint density at radius 1 is 1.29 bits per heavy atom. The molecule has 0 saturated carbocycles. The van der Waals surface area contributed by atoms with Crippen LogP contribution in [0.4, 0.5) is 5.69 Å². The molecule has 0 amide bonds. The summed E-state index contributed by atoms with van der Waals surface area (Å²) in [6.45, 7) is 2.73. The number of nitrogens with two attached hydrogens (primary N) is 1. The van der Waals surface area contributed by atoms with Gasteiger partial charge < -0.3 is 10.6 Å². The van der Waals surface area contributed by atoms with Gasteiger partial charge in [0.2, 0.25) is 0 Å². The van der Waals surface area contributed by atoms with Crippen molar-refractivity contribution in [2.24, 2.45) is 10.7 Å². The Morgan fingerprint density at radius 3 is 2.76 bits per heavy atom. The molecule has 0 radical (unpaired) electrons. The molecule has 1 unspecified atom stereocenters. The van der Waals surface area contributed by atoms with Gasteiger partial charge in [0.25, 0.3) is 0 Å². The molecule has 0 aromatic heterocycles. The van der Waals surface area contributed by atoms with Gasteiger partial charge in [-0.25, -0.2) is 0 Å². The summed E-state index contributed by atoms with van der Waals surface area (Å²) in [5, 5.41) is 0.702. The topological polar surface area (TPSA) is 41.6 Å². The lowest BCUT2D eigenvalue weighted by Gasteiger charge is -2.28. The number of nitrogens with zero attached hydrogens (tertiary/aromatic N) is 2. The van der Waals surface area contributed by atoms with Crippen molar-refractivity contribution in [1.82, 2.24) is 0 Å². The maximum Gasteiger partial charge on any atom is 0.196 e. The molecule has 2 aromatic carbocycles. The fourth-order valence-electron chi connectivity index (χ4n) is 2.60. The molecule has 1 aliphatic rings. The van der Waals surface area contributed by atoms with Crippen LogP contribution in [-0.2, 0) is 0 Å².